The second-order valence-electron chi connectivity index (χ2n) is 5.64. The van der Waals surface area contributed by atoms with Gasteiger partial charge in [0.1, 0.15) is 0 Å². The zero-order valence-corrected chi connectivity index (χ0v) is 13.5. The number of aliphatic imine (C=N–C) groups is 1. The average Bonchev–Trinajstić information content (AvgIpc) is 2.43. The van der Waals surface area contributed by atoms with Crippen molar-refractivity contribution in [2.45, 2.75) is 62.8 Å². The summed E-state index contributed by atoms with van der Waals surface area (Å²) < 4.78 is 0. The third kappa shape index (κ3) is 6.04. The molecule has 1 rings (SSSR count). The van der Waals surface area contributed by atoms with Crippen molar-refractivity contribution in [3.8, 4) is 0 Å². The van der Waals surface area contributed by atoms with Crippen molar-refractivity contribution in [1.82, 2.24) is 10.6 Å². The molecule has 0 radical (unpaired) electrons. The highest BCUT2D eigenvalue weighted by molar-refractivity contribution is 7.99. The molecule has 0 bridgehead atoms. The number of hydrogen-bond donors (Lipinski definition) is 3. The molecule has 3 N–H and O–H groups in total. The number of nitrogens with zero attached hydrogens (tertiary/aromatic N) is 1. The molecule has 0 aromatic carbocycles. The minimum atomic E-state index is -0.675. The SMILES string of the molecule is CCC(C)(O)CNC(=NC)NC1CCCC(SC)C1. The van der Waals surface area contributed by atoms with Gasteiger partial charge in [0.25, 0.3) is 0 Å². The van der Waals surface area contributed by atoms with Crippen molar-refractivity contribution in [1.29, 1.82) is 0 Å². The first kappa shape index (κ1) is 16.6. The van der Waals surface area contributed by atoms with Crippen LogP contribution in [0.5, 0.6) is 0 Å². The van der Waals surface area contributed by atoms with E-state index in [2.05, 4.69) is 21.9 Å². The van der Waals surface area contributed by atoms with Crippen LogP contribution in [-0.2, 0) is 0 Å². The smallest absolute Gasteiger partial charge is 0.191 e. The number of rotatable bonds is 5. The van der Waals surface area contributed by atoms with Crippen LogP contribution >= 0.6 is 11.8 Å². The van der Waals surface area contributed by atoms with E-state index in [9.17, 15) is 5.11 Å². The van der Waals surface area contributed by atoms with E-state index in [0.29, 0.717) is 12.6 Å². The van der Waals surface area contributed by atoms with Gasteiger partial charge in [0, 0.05) is 24.9 Å². The molecule has 3 atom stereocenters. The van der Waals surface area contributed by atoms with Crippen LogP contribution in [0.2, 0.25) is 0 Å². The molecule has 1 saturated carbocycles. The monoisotopic (exact) mass is 287 g/mol. The molecule has 1 fully saturated rings. The lowest BCUT2D eigenvalue weighted by molar-refractivity contribution is 0.0603. The fourth-order valence-corrected chi connectivity index (χ4v) is 3.10. The van der Waals surface area contributed by atoms with Crippen molar-refractivity contribution in [2.24, 2.45) is 4.99 Å². The Morgan fingerprint density at radius 2 is 2.21 bits per heavy atom. The van der Waals surface area contributed by atoms with E-state index in [1.165, 1.54) is 25.7 Å². The molecule has 112 valence electrons. The maximum absolute atomic E-state index is 10.0. The Kier molecular flexibility index (Phi) is 7.00. The van der Waals surface area contributed by atoms with E-state index in [-0.39, 0.29) is 0 Å². The van der Waals surface area contributed by atoms with Gasteiger partial charge in [0.05, 0.1) is 5.60 Å². The van der Waals surface area contributed by atoms with Crippen molar-refractivity contribution in [2.75, 3.05) is 19.8 Å². The molecule has 0 amide bonds. The number of guanidine groups is 1. The summed E-state index contributed by atoms with van der Waals surface area (Å²) in [5.74, 6) is 0.806. The summed E-state index contributed by atoms with van der Waals surface area (Å²) in [5.41, 5.74) is -0.675. The van der Waals surface area contributed by atoms with E-state index in [0.717, 1.165) is 17.6 Å². The first-order valence-electron chi connectivity index (χ1n) is 7.23. The lowest BCUT2D eigenvalue weighted by atomic mass is 9.95. The molecule has 19 heavy (non-hydrogen) atoms. The van der Waals surface area contributed by atoms with Crippen LogP contribution in [0.25, 0.3) is 0 Å². The molecule has 0 aromatic heterocycles. The second-order valence-corrected chi connectivity index (χ2v) is 6.78. The van der Waals surface area contributed by atoms with Gasteiger partial charge in [-0.25, -0.2) is 0 Å². The second kappa shape index (κ2) is 8.00. The summed E-state index contributed by atoms with van der Waals surface area (Å²) in [6.07, 6.45) is 7.95. The highest BCUT2D eigenvalue weighted by atomic mass is 32.2. The lowest BCUT2D eigenvalue weighted by Gasteiger charge is -2.30. The van der Waals surface area contributed by atoms with Gasteiger partial charge >= 0.3 is 0 Å². The fraction of sp³-hybridized carbons (Fsp3) is 0.929. The van der Waals surface area contributed by atoms with Gasteiger partial charge in [-0.15, -0.1) is 0 Å². The third-order valence-corrected chi connectivity index (χ3v) is 5.02. The van der Waals surface area contributed by atoms with Crippen molar-refractivity contribution >= 4 is 17.7 Å². The maximum atomic E-state index is 10.0. The molecule has 5 heteroatoms. The first-order chi connectivity index (χ1) is 9.00. The molecule has 4 nitrogen and oxygen atoms in total. The zero-order valence-electron chi connectivity index (χ0n) is 12.7. The minimum absolute atomic E-state index is 0.504. The van der Waals surface area contributed by atoms with Gasteiger partial charge in [-0.3, -0.25) is 4.99 Å². The third-order valence-electron chi connectivity index (χ3n) is 3.92. The zero-order chi connectivity index (χ0) is 14.3. The summed E-state index contributed by atoms with van der Waals surface area (Å²) in [6, 6.07) is 0.504. The van der Waals surface area contributed by atoms with Crippen molar-refractivity contribution in [3.63, 3.8) is 0 Å². The Labute approximate surface area is 121 Å². The normalized spacial score (nSPS) is 27.7. The number of hydrogen-bond acceptors (Lipinski definition) is 3. The highest BCUT2D eigenvalue weighted by Crippen LogP contribution is 2.26. The van der Waals surface area contributed by atoms with Gasteiger partial charge in [0.2, 0.25) is 0 Å². The van der Waals surface area contributed by atoms with Gasteiger partial charge in [-0.05, 0) is 38.9 Å². The molecule has 1 aliphatic rings. The Morgan fingerprint density at radius 1 is 1.47 bits per heavy atom. The van der Waals surface area contributed by atoms with Crippen LogP contribution in [0.3, 0.4) is 0 Å². The topological polar surface area (TPSA) is 56.6 Å². The number of nitrogens with one attached hydrogen (secondary N) is 2. The van der Waals surface area contributed by atoms with Gasteiger partial charge in [-0.1, -0.05) is 13.3 Å². The minimum Gasteiger partial charge on any atom is -0.388 e. The van der Waals surface area contributed by atoms with Gasteiger partial charge in [-0.2, -0.15) is 11.8 Å². The quantitative estimate of drug-likeness (QED) is 0.535. The van der Waals surface area contributed by atoms with E-state index in [4.69, 9.17) is 0 Å². The predicted octanol–water partition coefficient (Wildman–Crippen LogP) is 1.99. The van der Waals surface area contributed by atoms with Crippen molar-refractivity contribution < 1.29 is 5.11 Å². The van der Waals surface area contributed by atoms with E-state index in [1.807, 2.05) is 25.6 Å². The van der Waals surface area contributed by atoms with E-state index >= 15 is 0 Å². The molecule has 0 spiro atoms. The molecular formula is C14H29N3OS. The summed E-state index contributed by atoms with van der Waals surface area (Å²) in [5, 5.41) is 17.5. The summed E-state index contributed by atoms with van der Waals surface area (Å²) in [4.78, 5) is 4.25. The van der Waals surface area contributed by atoms with Crippen molar-refractivity contribution in [3.05, 3.63) is 0 Å². The molecule has 0 saturated heterocycles. The molecule has 3 unspecified atom stereocenters. The first-order valence-corrected chi connectivity index (χ1v) is 8.52. The molecule has 0 aliphatic heterocycles. The average molecular weight is 287 g/mol. The van der Waals surface area contributed by atoms with E-state index in [1.54, 1.807) is 7.05 Å². The van der Waals surface area contributed by atoms with E-state index < -0.39 is 5.60 Å². The Balaban J connectivity index is 2.40. The summed E-state index contributed by atoms with van der Waals surface area (Å²) in [6.45, 7) is 4.36. The maximum Gasteiger partial charge on any atom is 0.191 e. The Bertz CT molecular complexity index is 294. The van der Waals surface area contributed by atoms with Gasteiger partial charge in [0.15, 0.2) is 5.96 Å². The number of thioether (sulfide) groups is 1. The number of aliphatic hydroxyl groups is 1. The van der Waals surface area contributed by atoms with Crippen LogP contribution in [0, 0.1) is 0 Å². The largest absolute Gasteiger partial charge is 0.388 e. The Hall–Kier alpha value is -0.420. The molecule has 0 heterocycles. The van der Waals surface area contributed by atoms with Crippen LogP contribution in [0.4, 0.5) is 0 Å². The van der Waals surface area contributed by atoms with Crippen LogP contribution < -0.4 is 10.6 Å². The lowest BCUT2D eigenvalue weighted by Crippen LogP contribution is -2.49. The molecular weight excluding hydrogens is 258 g/mol. The van der Waals surface area contributed by atoms with Crippen LogP contribution in [-0.4, -0.2) is 47.8 Å². The van der Waals surface area contributed by atoms with Gasteiger partial charge < -0.3 is 15.7 Å². The predicted molar refractivity (Wildman–Crippen MR) is 85.0 cm³/mol. The van der Waals surface area contributed by atoms with Crippen LogP contribution in [0.15, 0.2) is 4.99 Å². The summed E-state index contributed by atoms with van der Waals surface area (Å²) >= 11 is 1.97. The summed E-state index contributed by atoms with van der Waals surface area (Å²) in [7, 11) is 1.78. The molecule has 0 aromatic rings. The van der Waals surface area contributed by atoms with Crippen LogP contribution in [0.1, 0.15) is 46.0 Å². The standard InChI is InChI=1S/C14H29N3OS/c1-5-14(2,18)10-16-13(15-3)17-11-7-6-8-12(9-11)19-4/h11-12,18H,5-10H2,1-4H3,(H2,15,16,17). The highest BCUT2D eigenvalue weighted by Gasteiger charge is 2.23. The Morgan fingerprint density at radius 3 is 2.79 bits per heavy atom. The molecule has 1 aliphatic carbocycles. The fourth-order valence-electron chi connectivity index (χ4n) is 2.28.